The molecule has 3 heterocycles. The largest absolute Gasteiger partial charge is 0.485 e. The van der Waals surface area contributed by atoms with Crippen LogP contribution >= 0.6 is 0 Å². The Labute approximate surface area is 179 Å². The van der Waals surface area contributed by atoms with Crippen LogP contribution in [0.25, 0.3) is 10.8 Å². The quantitative estimate of drug-likeness (QED) is 0.596. The monoisotopic (exact) mass is 415 g/mol. The fourth-order valence-corrected chi connectivity index (χ4v) is 4.82. The van der Waals surface area contributed by atoms with Crippen LogP contribution in [0.3, 0.4) is 0 Å². The van der Waals surface area contributed by atoms with Crippen molar-refractivity contribution in [2.75, 3.05) is 19.9 Å². The average Bonchev–Trinajstić information content (AvgIpc) is 3.27. The van der Waals surface area contributed by atoms with Gasteiger partial charge >= 0.3 is 0 Å². The molecule has 1 fully saturated rings. The summed E-state index contributed by atoms with van der Waals surface area (Å²) >= 11 is 0. The Kier molecular flexibility index (Phi) is 3.96. The third-order valence-electron chi connectivity index (χ3n) is 6.56. The van der Waals surface area contributed by atoms with E-state index in [1.807, 2.05) is 41.3 Å². The zero-order chi connectivity index (χ0) is 21.0. The van der Waals surface area contributed by atoms with Crippen LogP contribution in [0, 0.1) is 0 Å². The zero-order valence-corrected chi connectivity index (χ0v) is 16.9. The van der Waals surface area contributed by atoms with Gasteiger partial charge in [0.15, 0.2) is 17.3 Å². The molecule has 1 saturated heterocycles. The fourth-order valence-electron chi connectivity index (χ4n) is 4.82. The molecule has 1 spiro atoms. The van der Waals surface area contributed by atoms with Gasteiger partial charge in [-0.25, -0.2) is 0 Å². The van der Waals surface area contributed by atoms with Crippen molar-refractivity contribution in [1.29, 1.82) is 0 Å². The fraction of sp³-hybridized carbons (Fsp3) is 0.280. The van der Waals surface area contributed by atoms with Gasteiger partial charge in [-0.1, -0.05) is 30.3 Å². The van der Waals surface area contributed by atoms with Crippen molar-refractivity contribution in [1.82, 2.24) is 4.90 Å². The highest BCUT2D eigenvalue weighted by atomic mass is 16.7. The number of likely N-dealkylation sites (tertiary alicyclic amines) is 1. The lowest BCUT2D eigenvalue weighted by Crippen LogP contribution is -2.52. The van der Waals surface area contributed by atoms with Gasteiger partial charge < -0.3 is 19.1 Å². The molecule has 6 nitrogen and oxygen atoms in total. The van der Waals surface area contributed by atoms with Gasteiger partial charge in [0, 0.05) is 36.9 Å². The van der Waals surface area contributed by atoms with Gasteiger partial charge in [-0.15, -0.1) is 0 Å². The third kappa shape index (κ3) is 2.93. The number of fused-ring (bicyclic) bond motifs is 4. The van der Waals surface area contributed by atoms with E-state index in [-0.39, 0.29) is 18.5 Å². The molecule has 0 aliphatic carbocycles. The summed E-state index contributed by atoms with van der Waals surface area (Å²) in [6.07, 6.45) is 1.60. The number of hydrogen-bond donors (Lipinski definition) is 0. The van der Waals surface area contributed by atoms with Gasteiger partial charge in [-0.05, 0) is 29.7 Å². The number of rotatable bonds is 1. The number of ketones is 1. The van der Waals surface area contributed by atoms with Crippen LogP contribution in [-0.2, 0) is 0 Å². The molecule has 6 heteroatoms. The maximum absolute atomic E-state index is 13.0. The van der Waals surface area contributed by atoms with Gasteiger partial charge in [0.2, 0.25) is 6.79 Å². The molecule has 1 amide bonds. The van der Waals surface area contributed by atoms with Gasteiger partial charge in [0.25, 0.3) is 5.91 Å². The zero-order valence-electron chi connectivity index (χ0n) is 16.9. The molecule has 0 radical (unpaired) electrons. The molecule has 3 aromatic carbocycles. The molecule has 3 aromatic rings. The van der Waals surface area contributed by atoms with Crippen LogP contribution in [0.5, 0.6) is 17.2 Å². The highest BCUT2D eigenvalue weighted by Gasteiger charge is 2.44. The number of carbonyl (C=O) groups excluding carboxylic acids is 2. The predicted octanol–water partition coefficient (Wildman–Crippen LogP) is 4.21. The molecule has 0 saturated carbocycles. The van der Waals surface area contributed by atoms with Gasteiger partial charge in [0.05, 0.1) is 12.0 Å². The maximum atomic E-state index is 13.0. The van der Waals surface area contributed by atoms with Crippen molar-refractivity contribution in [3.8, 4) is 17.2 Å². The minimum absolute atomic E-state index is 0.0406. The number of benzene rings is 3. The molecule has 0 aromatic heterocycles. The summed E-state index contributed by atoms with van der Waals surface area (Å²) in [4.78, 5) is 27.8. The lowest BCUT2D eigenvalue weighted by molar-refractivity contribution is -0.00468. The Morgan fingerprint density at radius 3 is 2.61 bits per heavy atom. The molecule has 31 heavy (non-hydrogen) atoms. The van der Waals surface area contributed by atoms with Gasteiger partial charge in [-0.3, -0.25) is 9.59 Å². The normalized spacial score (nSPS) is 18.7. The Bertz CT molecular complexity index is 1230. The van der Waals surface area contributed by atoms with Crippen LogP contribution in [-0.4, -0.2) is 42.1 Å². The molecule has 3 aliphatic rings. The summed E-state index contributed by atoms with van der Waals surface area (Å²) in [5.74, 6) is 2.02. The molecule has 3 aliphatic heterocycles. The SMILES string of the molecule is O=C1CC2(CCN(C(=O)c3ccc4c(c3)OCO4)CC2)Oc2c1ccc1ccccc21. The summed E-state index contributed by atoms with van der Waals surface area (Å²) in [5, 5.41) is 2.02. The molecule has 156 valence electrons. The molecule has 0 N–H and O–H groups in total. The van der Waals surface area contributed by atoms with E-state index in [4.69, 9.17) is 14.2 Å². The average molecular weight is 415 g/mol. The molecular weight excluding hydrogens is 394 g/mol. The minimum Gasteiger partial charge on any atom is -0.485 e. The molecule has 0 bridgehead atoms. The second-order valence-electron chi connectivity index (χ2n) is 8.41. The van der Waals surface area contributed by atoms with Gasteiger partial charge in [0.1, 0.15) is 11.4 Å². The topological polar surface area (TPSA) is 65.1 Å². The van der Waals surface area contributed by atoms with Crippen LogP contribution in [0.4, 0.5) is 0 Å². The molecular formula is C25H21NO5. The van der Waals surface area contributed by atoms with Crippen LogP contribution in [0.15, 0.2) is 54.6 Å². The number of ether oxygens (including phenoxy) is 3. The van der Waals surface area contributed by atoms with Crippen molar-refractivity contribution in [3.63, 3.8) is 0 Å². The second-order valence-corrected chi connectivity index (χ2v) is 8.41. The first-order valence-corrected chi connectivity index (χ1v) is 10.5. The predicted molar refractivity (Wildman–Crippen MR) is 114 cm³/mol. The first-order valence-electron chi connectivity index (χ1n) is 10.5. The van der Waals surface area contributed by atoms with Crippen molar-refractivity contribution in [2.24, 2.45) is 0 Å². The number of Topliss-reactive ketones (excluding diaryl/α,β-unsaturated/α-hetero) is 1. The standard InChI is InChI=1S/C25H21NO5/c27-20-14-25(31-23-18-4-2-1-3-16(18)5-7-19(20)23)9-11-26(12-10-25)24(28)17-6-8-21-22(13-17)30-15-29-21/h1-8,13H,9-12,14-15H2. The van der Waals surface area contributed by atoms with E-state index in [1.165, 1.54) is 0 Å². The number of carbonyl (C=O) groups is 2. The number of hydrogen-bond acceptors (Lipinski definition) is 5. The Hall–Kier alpha value is -3.54. The summed E-state index contributed by atoms with van der Waals surface area (Å²) < 4.78 is 17.3. The number of nitrogens with zero attached hydrogens (tertiary/aromatic N) is 1. The van der Waals surface area contributed by atoms with Crippen molar-refractivity contribution in [3.05, 3.63) is 65.7 Å². The summed E-state index contributed by atoms with van der Waals surface area (Å²) in [5.41, 5.74) is 0.681. The molecule has 0 atom stereocenters. The van der Waals surface area contributed by atoms with E-state index < -0.39 is 5.60 Å². The number of amides is 1. The first-order chi connectivity index (χ1) is 15.1. The lowest BCUT2D eigenvalue weighted by Gasteiger charge is -2.44. The minimum atomic E-state index is -0.556. The van der Waals surface area contributed by atoms with Crippen LogP contribution in [0.1, 0.15) is 40.0 Å². The second kappa shape index (κ2) is 6.74. The summed E-state index contributed by atoms with van der Waals surface area (Å²) in [6.45, 7) is 1.27. The smallest absolute Gasteiger partial charge is 0.253 e. The Morgan fingerprint density at radius 1 is 0.935 bits per heavy atom. The van der Waals surface area contributed by atoms with E-state index in [0.717, 1.165) is 10.8 Å². The van der Waals surface area contributed by atoms with E-state index in [2.05, 4.69) is 0 Å². The van der Waals surface area contributed by atoms with Gasteiger partial charge in [-0.2, -0.15) is 0 Å². The maximum Gasteiger partial charge on any atom is 0.253 e. The summed E-state index contributed by atoms with van der Waals surface area (Å²) in [6, 6.07) is 17.1. The van der Waals surface area contributed by atoms with Crippen LogP contribution < -0.4 is 14.2 Å². The van der Waals surface area contributed by atoms with E-state index in [9.17, 15) is 9.59 Å². The Morgan fingerprint density at radius 2 is 1.74 bits per heavy atom. The van der Waals surface area contributed by atoms with E-state index in [0.29, 0.717) is 60.7 Å². The third-order valence-corrected chi connectivity index (χ3v) is 6.56. The van der Waals surface area contributed by atoms with E-state index >= 15 is 0 Å². The highest BCUT2D eigenvalue weighted by Crippen LogP contribution is 2.43. The summed E-state index contributed by atoms with van der Waals surface area (Å²) in [7, 11) is 0. The lowest BCUT2D eigenvalue weighted by atomic mass is 9.81. The highest BCUT2D eigenvalue weighted by molar-refractivity contribution is 6.06. The van der Waals surface area contributed by atoms with Crippen molar-refractivity contribution in [2.45, 2.75) is 24.9 Å². The Balaban J connectivity index is 1.23. The van der Waals surface area contributed by atoms with Crippen LogP contribution in [0.2, 0.25) is 0 Å². The molecule has 0 unspecified atom stereocenters. The molecule has 6 rings (SSSR count). The first kappa shape index (κ1) is 18.2. The van der Waals surface area contributed by atoms with E-state index in [1.54, 1.807) is 18.2 Å². The van der Waals surface area contributed by atoms with Crippen molar-refractivity contribution < 1.29 is 23.8 Å². The number of piperidine rings is 1. The van der Waals surface area contributed by atoms with Crippen molar-refractivity contribution >= 4 is 22.5 Å².